The number of aromatic nitrogens is 2. The number of fused-ring (bicyclic) bond motifs is 1. The molecule has 1 fully saturated rings. The lowest BCUT2D eigenvalue weighted by atomic mass is 10.1. The van der Waals surface area contributed by atoms with Gasteiger partial charge in [-0.15, -0.1) is 0 Å². The molecule has 1 aromatic carbocycles. The van der Waals surface area contributed by atoms with E-state index >= 15 is 0 Å². The van der Waals surface area contributed by atoms with Crippen LogP contribution < -0.4 is 5.73 Å². The fourth-order valence-corrected chi connectivity index (χ4v) is 2.64. The average Bonchev–Trinajstić information content (AvgIpc) is 2.68. The second-order valence-electron chi connectivity index (χ2n) is 4.82. The molecule has 2 heterocycles. The van der Waals surface area contributed by atoms with Crippen LogP contribution in [0.15, 0.2) is 12.1 Å². The van der Waals surface area contributed by atoms with E-state index in [4.69, 9.17) is 22.1 Å². The zero-order chi connectivity index (χ0) is 13.4. The maximum atomic E-state index is 13.4. The summed E-state index contributed by atoms with van der Waals surface area (Å²) < 4.78 is 20.9. The van der Waals surface area contributed by atoms with Crippen LogP contribution in [-0.2, 0) is 11.3 Å². The van der Waals surface area contributed by atoms with Gasteiger partial charge in [-0.2, -0.15) is 0 Å². The van der Waals surface area contributed by atoms with E-state index in [1.807, 2.05) is 4.57 Å². The maximum Gasteiger partial charge on any atom is 0.201 e. The highest BCUT2D eigenvalue weighted by Crippen LogP contribution is 2.26. The molecule has 102 valence electrons. The minimum absolute atomic E-state index is 0.0817. The predicted molar refractivity (Wildman–Crippen MR) is 72.7 cm³/mol. The standard InChI is InChI=1S/C13H15ClFN3O/c14-9-5-12-11(6-10(9)15)17-13(16)18(12)7-8-3-1-2-4-19-8/h5-6,8H,1-4,7H2,(H2,16,17). The van der Waals surface area contributed by atoms with E-state index in [2.05, 4.69) is 4.98 Å². The number of nitrogens with two attached hydrogens (primary N) is 1. The molecule has 0 bridgehead atoms. The Morgan fingerprint density at radius 2 is 2.32 bits per heavy atom. The van der Waals surface area contributed by atoms with Gasteiger partial charge in [-0.25, -0.2) is 9.37 Å². The van der Waals surface area contributed by atoms with Crippen LogP contribution in [0.1, 0.15) is 19.3 Å². The van der Waals surface area contributed by atoms with Crippen molar-refractivity contribution in [3.8, 4) is 0 Å². The van der Waals surface area contributed by atoms with Crippen molar-refractivity contribution < 1.29 is 9.13 Å². The summed E-state index contributed by atoms with van der Waals surface area (Å²) in [6.07, 6.45) is 3.41. The molecule has 1 saturated heterocycles. The highest BCUT2D eigenvalue weighted by molar-refractivity contribution is 6.31. The van der Waals surface area contributed by atoms with Crippen molar-refractivity contribution in [2.24, 2.45) is 0 Å². The Bertz CT molecular complexity index is 607. The van der Waals surface area contributed by atoms with Gasteiger partial charge in [0, 0.05) is 12.7 Å². The Hall–Kier alpha value is -1.33. The second kappa shape index (κ2) is 4.98. The second-order valence-corrected chi connectivity index (χ2v) is 5.23. The van der Waals surface area contributed by atoms with Crippen molar-refractivity contribution in [2.45, 2.75) is 31.9 Å². The molecule has 1 aromatic heterocycles. The Morgan fingerprint density at radius 1 is 1.47 bits per heavy atom. The first-order chi connectivity index (χ1) is 9.15. The molecule has 6 heteroatoms. The minimum atomic E-state index is -0.479. The average molecular weight is 284 g/mol. The summed E-state index contributed by atoms with van der Waals surface area (Å²) in [6, 6.07) is 2.88. The molecule has 4 nitrogen and oxygen atoms in total. The quantitative estimate of drug-likeness (QED) is 0.922. The summed E-state index contributed by atoms with van der Waals surface area (Å²) in [4.78, 5) is 4.17. The largest absolute Gasteiger partial charge is 0.376 e. The topological polar surface area (TPSA) is 53.1 Å². The minimum Gasteiger partial charge on any atom is -0.376 e. The lowest BCUT2D eigenvalue weighted by Crippen LogP contribution is -2.25. The number of halogens is 2. The number of nitrogens with zero attached hydrogens (tertiary/aromatic N) is 2. The highest BCUT2D eigenvalue weighted by atomic mass is 35.5. The van der Waals surface area contributed by atoms with Crippen molar-refractivity contribution in [1.82, 2.24) is 9.55 Å². The Labute approximate surface area is 115 Å². The van der Waals surface area contributed by atoms with Gasteiger partial charge in [0.15, 0.2) is 0 Å². The summed E-state index contributed by atoms with van der Waals surface area (Å²) in [5, 5.41) is 0.0817. The van der Waals surface area contributed by atoms with Gasteiger partial charge in [0.05, 0.1) is 28.7 Å². The summed E-state index contributed by atoms with van der Waals surface area (Å²) in [5.41, 5.74) is 7.17. The predicted octanol–water partition coefficient (Wildman–Crippen LogP) is 2.98. The van der Waals surface area contributed by atoms with Crippen molar-refractivity contribution in [3.63, 3.8) is 0 Å². The van der Waals surface area contributed by atoms with Crippen LogP contribution in [0, 0.1) is 5.82 Å². The molecule has 2 aromatic rings. The number of anilines is 1. The molecule has 1 atom stereocenters. The molecule has 1 aliphatic rings. The Morgan fingerprint density at radius 3 is 3.05 bits per heavy atom. The van der Waals surface area contributed by atoms with E-state index in [0.29, 0.717) is 18.0 Å². The highest BCUT2D eigenvalue weighted by Gasteiger charge is 2.18. The summed E-state index contributed by atoms with van der Waals surface area (Å²) in [6.45, 7) is 1.41. The van der Waals surface area contributed by atoms with Gasteiger partial charge >= 0.3 is 0 Å². The molecule has 0 amide bonds. The van der Waals surface area contributed by atoms with Gasteiger partial charge in [-0.1, -0.05) is 11.6 Å². The first-order valence-electron chi connectivity index (χ1n) is 6.37. The van der Waals surface area contributed by atoms with Crippen molar-refractivity contribution in [2.75, 3.05) is 12.3 Å². The number of ether oxygens (including phenoxy) is 1. The third-order valence-corrected chi connectivity index (χ3v) is 3.77. The van der Waals surface area contributed by atoms with Gasteiger partial charge in [0.25, 0.3) is 0 Å². The first kappa shape index (κ1) is 12.7. The van der Waals surface area contributed by atoms with Crippen LogP contribution in [0.2, 0.25) is 5.02 Å². The zero-order valence-electron chi connectivity index (χ0n) is 10.4. The van der Waals surface area contributed by atoms with E-state index in [-0.39, 0.29) is 11.1 Å². The summed E-state index contributed by atoms with van der Waals surface area (Å²) in [5.74, 6) is -0.112. The molecule has 0 aliphatic carbocycles. The monoisotopic (exact) mass is 283 g/mol. The summed E-state index contributed by atoms with van der Waals surface area (Å²) >= 11 is 5.82. The van der Waals surface area contributed by atoms with Gasteiger partial charge in [0.2, 0.25) is 5.95 Å². The third kappa shape index (κ3) is 2.40. The fraction of sp³-hybridized carbons (Fsp3) is 0.462. The van der Waals surface area contributed by atoms with Gasteiger partial charge < -0.3 is 15.0 Å². The van der Waals surface area contributed by atoms with Gasteiger partial charge in [0.1, 0.15) is 5.82 Å². The Kier molecular flexibility index (Phi) is 3.33. The van der Waals surface area contributed by atoms with Crippen LogP contribution in [0.25, 0.3) is 11.0 Å². The molecule has 19 heavy (non-hydrogen) atoms. The van der Waals surface area contributed by atoms with E-state index in [1.54, 1.807) is 6.07 Å². The van der Waals surface area contributed by atoms with Crippen molar-refractivity contribution in [3.05, 3.63) is 23.0 Å². The van der Waals surface area contributed by atoms with E-state index < -0.39 is 5.82 Å². The SMILES string of the molecule is Nc1nc2cc(F)c(Cl)cc2n1CC1CCCCO1. The van der Waals surface area contributed by atoms with Crippen molar-refractivity contribution >= 4 is 28.6 Å². The molecule has 0 spiro atoms. The lowest BCUT2D eigenvalue weighted by molar-refractivity contribution is 0.00694. The van der Waals surface area contributed by atoms with E-state index in [9.17, 15) is 4.39 Å². The van der Waals surface area contributed by atoms with Gasteiger partial charge in [-0.05, 0) is 25.3 Å². The molecule has 0 radical (unpaired) electrons. The Balaban J connectivity index is 1.97. The summed E-state index contributed by atoms with van der Waals surface area (Å²) in [7, 11) is 0. The van der Waals surface area contributed by atoms with Crippen LogP contribution in [0.4, 0.5) is 10.3 Å². The number of nitrogen functional groups attached to an aromatic ring is 1. The number of imidazole rings is 1. The molecule has 0 saturated carbocycles. The molecule has 1 unspecified atom stereocenters. The lowest BCUT2D eigenvalue weighted by Gasteiger charge is -2.23. The first-order valence-corrected chi connectivity index (χ1v) is 6.75. The van der Waals surface area contributed by atoms with E-state index in [0.717, 1.165) is 31.4 Å². The van der Waals surface area contributed by atoms with Crippen molar-refractivity contribution in [1.29, 1.82) is 0 Å². The van der Waals surface area contributed by atoms with E-state index in [1.165, 1.54) is 6.07 Å². The molecular formula is C13H15ClFN3O. The number of benzene rings is 1. The van der Waals surface area contributed by atoms with Crippen LogP contribution in [0.5, 0.6) is 0 Å². The van der Waals surface area contributed by atoms with Gasteiger partial charge in [-0.3, -0.25) is 0 Å². The number of hydrogen-bond acceptors (Lipinski definition) is 3. The maximum absolute atomic E-state index is 13.4. The fourth-order valence-electron chi connectivity index (χ4n) is 2.49. The van der Waals surface area contributed by atoms with Crippen LogP contribution in [0.3, 0.4) is 0 Å². The molecule has 2 N–H and O–H groups in total. The molecule has 1 aliphatic heterocycles. The molecule has 3 rings (SSSR count). The van der Waals surface area contributed by atoms with Crippen LogP contribution >= 0.6 is 11.6 Å². The smallest absolute Gasteiger partial charge is 0.201 e. The zero-order valence-corrected chi connectivity index (χ0v) is 11.2. The number of rotatable bonds is 2. The third-order valence-electron chi connectivity index (χ3n) is 3.48. The molecular weight excluding hydrogens is 269 g/mol. The van der Waals surface area contributed by atoms with Crippen LogP contribution in [-0.4, -0.2) is 22.3 Å². The normalized spacial score (nSPS) is 20.0. The number of hydrogen-bond donors (Lipinski definition) is 1.